The van der Waals surface area contributed by atoms with Gasteiger partial charge < -0.3 is 9.69 Å². The van der Waals surface area contributed by atoms with Crippen LogP contribution in [0.5, 0.6) is 0 Å². The van der Waals surface area contributed by atoms with E-state index < -0.39 is 0 Å². The average Bonchev–Trinajstić information content (AvgIpc) is 2.33. The standard InChI is InChI=1S/C9H17NO/c1-8(2)9(7-11)4-5-10(3)6-9/h7-8H,4-6H2,1-3H3. The van der Waals surface area contributed by atoms with Crippen LogP contribution in [0.4, 0.5) is 0 Å². The first-order chi connectivity index (χ1) is 5.10. The maximum atomic E-state index is 10.9. The SMILES string of the molecule is CC(C)C1(C=O)CCN(C)C1. The first-order valence-corrected chi connectivity index (χ1v) is 4.25. The summed E-state index contributed by atoms with van der Waals surface area (Å²) in [5, 5.41) is 0. The molecule has 0 bridgehead atoms. The fraction of sp³-hybridized carbons (Fsp3) is 0.889. The van der Waals surface area contributed by atoms with E-state index in [0.29, 0.717) is 5.92 Å². The molecule has 1 aliphatic heterocycles. The monoisotopic (exact) mass is 155 g/mol. The lowest BCUT2D eigenvalue weighted by Gasteiger charge is -2.26. The summed E-state index contributed by atoms with van der Waals surface area (Å²) in [6.07, 6.45) is 2.19. The van der Waals surface area contributed by atoms with Gasteiger partial charge in [0.25, 0.3) is 0 Å². The van der Waals surface area contributed by atoms with Crippen molar-refractivity contribution >= 4 is 6.29 Å². The van der Waals surface area contributed by atoms with E-state index in [1.807, 2.05) is 0 Å². The minimum absolute atomic E-state index is 0.0469. The van der Waals surface area contributed by atoms with E-state index in [1.165, 1.54) is 0 Å². The molecule has 0 saturated carbocycles. The van der Waals surface area contributed by atoms with Gasteiger partial charge in [-0.1, -0.05) is 13.8 Å². The van der Waals surface area contributed by atoms with Crippen molar-refractivity contribution in [2.24, 2.45) is 11.3 Å². The van der Waals surface area contributed by atoms with Crippen LogP contribution in [0.1, 0.15) is 20.3 Å². The molecule has 0 radical (unpaired) electrons. The molecule has 1 fully saturated rings. The number of hydrogen-bond donors (Lipinski definition) is 0. The van der Waals surface area contributed by atoms with Crippen molar-refractivity contribution in [2.75, 3.05) is 20.1 Å². The molecule has 11 heavy (non-hydrogen) atoms. The Balaban J connectivity index is 2.70. The summed E-state index contributed by atoms with van der Waals surface area (Å²) in [4.78, 5) is 13.1. The van der Waals surface area contributed by atoms with Gasteiger partial charge in [0.1, 0.15) is 6.29 Å². The maximum absolute atomic E-state index is 10.9. The van der Waals surface area contributed by atoms with Gasteiger partial charge in [-0.15, -0.1) is 0 Å². The number of rotatable bonds is 2. The van der Waals surface area contributed by atoms with Crippen LogP contribution < -0.4 is 0 Å². The van der Waals surface area contributed by atoms with Gasteiger partial charge in [0.15, 0.2) is 0 Å². The van der Waals surface area contributed by atoms with E-state index >= 15 is 0 Å². The number of carbonyl (C=O) groups excluding carboxylic acids is 1. The van der Waals surface area contributed by atoms with E-state index in [1.54, 1.807) is 0 Å². The maximum Gasteiger partial charge on any atom is 0.127 e. The van der Waals surface area contributed by atoms with Crippen molar-refractivity contribution in [3.8, 4) is 0 Å². The fourth-order valence-electron chi connectivity index (χ4n) is 1.76. The molecule has 2 nitrogen and oxygen atoms in total. The van der Waals surface area contributed by atoms with E-state index in [2.05, 4.69) is 25.8 Å². The highest BCUT2D eigenvalue weighted by atomic mass is 16.1. The van der Waals surface area contributed by atoms with E-state index in [4.69, 9.17) is 0 Å². The summed E-state index contributed by atoms with van der Waals surface area (Å²) < 4.78 is 0. The number of likely N-dealkylation sites (tertiary alicyclic amines) is 1. The molecule has 0 aromatic rings. The second-order valence-corrected chi connectivity index (χ2v) is 3.99. The summed E-state index contributed by atoms with van der Waals surface area (Å²) in [5.41, 5.74) is -0.0469. The Kier molecular flexibility index (Phi) is 2.33. The van der Waals surface area contributed by atoms with Gasteiger partial charge in [0.2, 0.25) is 0 Å². The van der Waals surface area contributed by atoms with E-state index in [9.17, 15) is 4.79 Å². The molecule has 64 valence electrons. The number of aldehydes is 1. The van der Waals surface area contributed by atoms with Gasteiger partial charge in [-0.05, 0) is 25.9 Å². The lowest BCUT2D eigenvalue weighted by Crippen LogP contribution is -2.31. The molecule has 0 aromatic carbocycles. The molecular formula is C9H17NO. The zero-order valence-corrected chi connectivity index (χ0v) is 7.63. The van der Waals surface area contributed by atoms with Crippen LogP contribution in [-0.4, -0.2) is 31.3 Å². The number of hydrogen-bond acceptors (Lipinski definition) is 2. The summed E-state index contributed by atoms with van der Waals surface area (Å²) in [7, 11) is 2.08. The Hall–Kier alpha value is -0.370. The molecule has 1 heterocycles. The number of carbonyl (C=O) groups is 1. The highest BCUT2D eigenvalue weighted by Gasteiger charge is 2.38. The summed E-state index contributed by atoms with van der Waals surface area (Å²) in [6, 6.07) is 0. The molecule has 0 aliphatic carbocycles. The van der Waals surface area contributed by atoms with Crippen LogP contribution >= 0.6 is 0 Å². The lowest BCUT2D eigenvalue weighted by molar-refractivity contribution is -0.117. The Morgan fingerprint density at radius 2 is 2.18 bits per heavy atom. The van der Waals surface area contributed by atoms with Crippen LogP contribution in [0, 0.1) is 11.3 Å². The third kappa shape index (κ3) is 1.45. The predicted molar refractivity (Wildman–Crippen MR) is 45.4 cm³/mol. The predicted octanol–water partition coefficient (Wildman–Crippen LogP) is 1.16. The molecule has 2 heteroatoms. The second-order valence-electron chi connectivity index (χ2n) is 3.99. The first kappa shape index (κ1) is 8.72. The third-order valence-corrected chi connectivity index (χ3v) is 2.91. The van der Waals surface area contributed by atoms with Crippen molar-refractivity contribution < 1.29 is 4.79 Å². The van der Waals surface area contributed by atoms with Gasteiger partial charge in [0, 0.05) is 12.0 Å². The van der Waals surface area contributed by atoms with Crippen molar-refractivity contribution in [3.63, 3.8) is 0 Å². The van der Waals surface area contributed by atoms with Crippen LogP contribution in [0.25, 0.3) is 0 Å². The van der Waals surface area contributed by atoms with Crippen molar-refractivity contribution in [2.45, 2.75) is 20.3 Å². The highest BCUT2D eigenvalue weighted by Crippen LogP contribution is 2.34. The van der Waals surface area contributed by atoms with E-state index in [0.717, 1.165) is 25.8 Å². The quantitative estimate of drug-likeness (QED) is 0.558. The molecule has 1 aliphatic rings. The molecule has 1 unspecified atom stereocenters. The van der Waals surface area contributed by atoms with Gasteiger partial charge in [-0.25, -0.2) is 0 Å². The van der Waals surface area contributed by atoms with Crippen LogP contribution in [0.3, 0.4) is 0 Å². The molecule has 1 saturated heterocycles. The Morgan fingerprint density at radius 1 is 1.55 bits per heavy atom. The lowest BCUT2D eigenvalue weighted by atomic mass is 9.78. The van der Waals surface area contributed by atoms with Gasteiger partial charge in [-0.2, -0.15) is 0 Å². The summed E-state index contributed by atoms with van der Waals surface area (Å²) in [5.74, 6) is 0.477. The normalized spacial score (nSPS) is 33.1. The zero-order valence-electron chi connectivity index (χ0n) is 7.63. The van der Waals surface area contributed by atoms with Gasteiger partial charge >= 0.3 is 0 Å². The third-order valence-electron chi connectivity index (χ3n) is 2.91. The largest absolute Gasteiger partial charge is 0.305 e. The minimum atomic E-state index is -0.0469. The van der Waals surface area contributed by atoms with Crippen LogP contribution in [-0.2, 0) is 4.79 Å². The molecule has 1 rings (SSSR count). The molecule has 0 spiro atoms. The van der Waals surface area contributed by atoms with Gasteiger partial charge in [-0.3, -0.25) is 0 Å². The Labute approximate surface area is 68.6 Å². The minimum Gasteiger partial charge on any atom is -0.305 e. The van der Waals surface area contributed by atoms with Crippen molar-refractivity contribution in [1.82, 2.24) is 4.90 Å². The molecule has 0 aromatic heterocycles. The molecule has 1 atom stereocenters. The zero-order chi connectivity index (χ0) is 8.48. The Bertz CT molecular complexity index is 156. The molecule has 0 N–H and O–H groups in total. The second kappa shape index (κ2) is 2.94. The smallest absolute Gasteiger partial charge is 0.127 e. The summed E-state index contributed by atoms with van der Waals surface area (Å²) in [6.45, 7) is 6.27. The topological polar surface area (TPSA) is 20.3 Å². The highest BCUT2D eigenvalue weighted by molar-refractivity contribution is 5.61. The van der Waals surface area contributed by atoms with Crippen LogP contribution in [0.2, 0.25) is 0 Å². The fourth-order valence-corrected chi connectivity index (χ4v) is 1.76. The first-order valence-electron chi connectivity index (χ1n) is 4.25. The van der Waals surface area contributed by atoms with Gasteiger partial charge in [0.05, 0.1) is 0 Å². The van der Waals surface area contributed by atoms with Crippen molar-refractivity contribution in [3.05, 3.63) is 0 Å². The van der Waals surface area contributed by atoms with Crippen LogP contribution in [0.15, 0.2) is 0 Å². The average molecular weight is 155 g/mol. The summed E-state index contributed by atoms with van der Waals surface area (Å²) >= 11 is 0. The number of nitrogens with zero attached hydrogens (tertiary/aromatic N) is 1. The van der Waals surface area contributed by atoms with Crippen molar-refractivity contribution in [1.29, 1.82) is 0 Å². The van der Waals surface area contributed by atoms with E-state index in [-0.39, 0.29) is 5.41 Å². The Morgan fingerprint density at radius 3 is 2.36 bits per heavy atom. The molecule has 0 amide bonds. The molecular weight excluding hydrogens is 138 g/mol.